The summed E-state index contributed by atoms with van der Waals surface area (Å²) in [6.07, 6.45) is 5.32. The first-order valence-corrected chi connectivity index (χ1v) is 7.58. The summed E-state index contributed by atoms with van der Waals surface area (Å²) in [6, 6.07) is 3.86. The standard InChI is InChI=1S/C11H17N3O2S/c1-17(15,16)13-9-10-4-5-11(12-8-10)14-6-2-3-7-14/h4-5,8,13H,2-3,6-7,9H2,1H3. The Bertz CT molecular complexity index is 464. The van der Waals surface area contributed by atoms with Gasteiger partial charge < -0.3 is 4.90 Å². The van der Waals surface area contributed by atoms with Gasteiger partial charge in [0.2, 0.25) is 10.0 Å². The number of anilines is 1. The third-order valence-corrected chi connectivity index (χ3v) is 3.45. The van der Waals surface area contributed by atoms with Crippen molar-refractivity contribution in [2.24, 2.45) is 0 Å². The van der Waals surface area contributed by atoms with Gasteiger partial charge in [0.1, 0.15) is 5.82 Å². The average Bonchev–Trinajstić information content (AvgIpc) is 2.79. The van der Waals surface area contributed by atoms with Gasteiger partial charge in [-0.15, -0.1) is 0 Å². The predicted octanol–water partition coefficient (Wildman–Crippen LogP) is 0.731. The lowest BCUT2D eigenvalue weighted by atomic mass is 10.3. The van der Waals surface area contributed by atoms with Gasteiger partial charge >= 0.3 is 0 Å². The summed E-state index contributed by atoms with van der Waals surface area (Å²) in [5.74, 6) is 0.977. The van der Waals surface area contributed by atoms with Gasteiger partial charge in [0.15, 0.2) is 0 Å². The summed E-state index contributed by atoms with van der Waals surface area (Å²) < 4.78 is 24.3. The summed E-state index contributed by atoms with van der Waals surface area (Å²) in [7, 11) is -3.14. The van der Waals surface area contributed by atoms with Gasteiger partial charge in [-0.05, 0) is 24.5 Å². The van der Waals surface area contributed by atoms with E-state index >= 15 is 0 Å². The molecule has 0 bridgehead atoms. The van der Waals surface area contributed by atoms with Crippen LogP contribution in [0.15, 0.2) is 18.3 Å². The Labute approximate surface area is 102 Å². The molecule has 0 saturated carbocycles. The molecule has 0 aromatic carbocycles. The van der Waals surface area contributed by atoms with Gasteiger partial charge in [0.25, 0.3) is 0 Å². The molecule has 2 rings (SSSR count). The number of pyridine rings is 1. The maximum Gasteiger partial charge on any atom is 0.209 e. The first-order chi connectivity index (χ1) is 8.04. The molecule has 5 nitrogen and oxygen atoms in total. The van der Waals surface area contributed by atoms with Crippen molar-refractivity contribution in [2.75, 3.05) is 24.2 Å². The molecule has 0 radical (unpaired) electrons. The monoisotopic (exact) mass is 255 g/mol. The zero-order chi connectivity index (χ0) is 12.3. The molecule has 1 aromatic rings. The predicted molar refractivity (Wildman–Crippen MR) is 67.4 cm³/mol. The normalized spacial score (nSPS) is 16.4. The average molecular weight is 255 g/mol. The zero-order valence-corrected chi connectivity index (χ0v) is 10.7. The second-order valence-corrected chi connectivity index (χ2v) is 6.15. The molecule has 1 saturated heterocycles. The number of nitrogens with zero attached hydrogens (tertiary/aromatic N) is 2. The summed E-state index contributed by atoms with van der Waals surface area (Å²) in [6.45, 7) is 2.42. The minimum atomic E-state index is -3.14. The summed E-state index contributed by atoms with van der Waals surface area (Å²) in [5.41, 5.74) is 0.873. The van der Waals surface area contributed by atoms with Crippen molar-refractivity contribution in [3.05, 3.63) is 23.9 Å². The van der Waals surface area contributed by atoms with E-state index in [1.807, 2.05) is 12.1 Å². The molecule has 1 aromatic heterocycles. The molecule has 2 heterocycles. The van der Waals surface area contributed by atoms with Crippen LogP contribution in [0.1, 0.15) is 18.4 Å². The van der Waals surface area contributed by atoms with E-state index in [2.05, 4.69) is 14.6 Å². The molecule has 1 N–H and O–H groups in total. The molecule has 0 spiro atoms. The molecular weight excluding hydrogens is 238 g/mol. The highest BCUT2D eigenvalue weighted by atomic mass is 32.2. The lowest BCUT2D eigenvalue weighted by Gasteiger charge is -2.16. The number of aromatic nitrogens is 1. The smallest absolute Gasteiger partial charge is 0.209 e. The first-order valence-electron chi connectivity index (χ1n) is 5.69. The zero-order valence-electron chi connectivity index (χ0n) is 9.89. The van der Waals surface area contributed by atoms with Gasteiger partial charge in [0.05, 0.1) is 6.26 Å². The third kappa shape index (κ3) is 3.67. The molecule has 1 fully saturated rings. The van der Waals surface area contributed by atoms with Crippen LogP contribution in [0.3, 0.4) is 0 Å². The van der Waals surface area contributed by atoms with E-state index in [9.17, 15) is 8.42 Å². The van der Waals surface area contributed by atoms with Crippen LogP contribution in [0, 0.1) is 0 Å². The van der Waals surface area contributed by atoms with Crippen molar-refractivity contribution in [3.63, 3.8) is 0 Å². The van der Waals surface area contributed by atoms with Crippen LogP contribution in [0.2, 0.25) is 0 Å². The number of sulfonamides is 1. The summed E-state index contributed by atoms with van der Waals surface area (Å²) in [4.78, 5) is 6.60. The molecule has 6 heteroatoms. The van der Waals surface area contributed by atoms with E-state index in [0.29, 0.717) is 6.54 Å². The minimum absolute atomic E-state index is 0.298. The first kappa shape index (κ1) is 12.3. The molecule has 17 heavy (non-hydrogen) atoms. The number of hydrogen-bond donors (Lipinski definition) is 1. The SMILES string of the molecule is CS(=O)(=O)NCc1ccc(N2CCCC2)nc1. The van der Waals surface area contributed by atoms with Gasteiger partial charge in [0, 0.05) is 25.8 Å². The second kappa shape index (κ2) is 5.01. The maximum atomic E-state index is 10.9. The van der Waals surface area contributed by atoms with Gasteiger partial charge in [-0.2, -0.15) is 0 Å². The van der Waals surface area contributed by atoms with Gasteiger partial charge in [-0.1, -0.05) is 6.07 Å². The highest BCUT2D eigenvalue weighted by Gasteiger charge is 2.12. The van der Waals surface area contributed by atoms with Crippen molar-refractivity contribution in [1.82, 2.24) is 9.71 Å². The van der Waals surface area contributed by atoms with Crippen LogP contribution in [0.5, 0.6) is 0 Å². The summed E-state index contributed by atoms with van der Waals surface area (Å²) in [5, 5.41) is 0. The van der Waals surface area contributed by atoms with Crippen LogP contribution < -0.4 is 9.62 Å². The quantitative estimate of drug-likeness (QED) is 0.861. The Balaban J connectivity index is 1.97. The van der Waals surface area contributed by atoms with E-state index in [4.69, 9.17) is 0 Å². The van der Waals surface area contributed by atoms with Crippen LogP contribution in [-0.2, 0) is 16.6 Å². The number of rotatable bonds is 4. The summed E-state index contributed by atoms with van der Waals surface area (Å²) >= 11 is 0. The van der Waals surface area contributed by atoms with Crippen LogP contribution in [0.4, 0.5) is 5.82 Å². The largest absolute Gasteiger partial charge is 0.357 e. The van der Waals surface area contributed by atoms with Gasteiger partial charge in [-0.3, -0.25) is 0 Å². The topological polar surface area (TPSA) is 62.3 Å². The van der Waals surface area contributed by atoms with E-state index in [0.717, 1.165) is 30.7 Å². The van der Waals surface area contributed by atoms with Crippen molar-refractivity contribution in [1.29, 1.82) is 0 Å². The fourth-order valence-corrected chi connectivity index (χ4v) is 2.30. The van der Waals surface area contributed by atoms with Crippen LogP contribution in [0.25, 0.3) is 0 Å². The molecule has 94 valence electrons. The Hall–Kier alpha value is -1.14. The molecule has 1 aliphatic rings. The van der Waals surface area contributed by atoms with E-state index < -0.39 is 10.0 Å². The fraction of sp³-hybridized carbons (Fsp3) is 0.545. The Morgan fingerprint density at radius 3 is 2.59 bits per heavy atom. The van der Waals surface area contributed by atoms with E-state index in [1.165, 1.54) is 12.8 Å². The molecule has 0 amide bonds. The lowest BCUT2D eigenvalue weighted by Crippen LogP contribution is -2.22. The fourth-order valence-electron chi connectivity index (χ4n) is 1.87. The van der Waals surface area contributed by atoms with Gasteiger partial charge in [-0.25, -0.2) is 18.1 Å². The number of nitrogens with one attached hydrogen (secondary N) is 1. The van der Waals surface area contributed by atoms with Crippen molar-refractivity contribution >= 4 is 15.8 Å². The van der Waals surface area contributed by atoms with E-state index in [1.54, 1.807) is 6.20 Å². The maximum absolute atomic E-state index is 10.9. The second-order valence-electron chi connectivity index (χ2n) is 4.31. The van der Waals surface area contributed by atoms with Crippen molar-refractivity contribution < 1.29 is 8.42 Å². The molecular formula is C11H17N3O2S. The van der Waals surface area contributed by atoms with Crippen molar-refractivity contribution in [2.45, 2.75) is 19.4 Å². The van der Waals surface area contributed by atoms with Crippen LogP contribution >= 0.6 is 0 Å². The molecule has 1 aliphatic heterocycles. The molecule has 0 atom stereocenters. The van der Waals surface area contributed by atoms with E-state index in [-0.39, 0.29) is 0 Å². The van der Waals surface area contributed by atoms with Crippen LogP contribution in [-0.4, -0.2) is 32.7 Å². The Morgan fingerprint density at radius 1 is 1.35 bits per heavy atom. The molecule has 0 aliphatic carbocycles. The minimum Gasteiger partial charge on any atom is -0.357 e. The Kier molecular flexibility index (Phi) is 3.63. The highest BCUT2D eigenvalue weighted by molar-refractivity contribution is 7.88. The van der Waals surface area contributed by atoms with Crippen molar-refractivity contribution in [3.8, 4) is 0 Å². The number of hydrogen-bond acceptors (Lipinski definition) is 4. The molecule has 0 unspecified atom stereocenters. The highest BCUT2D eigenvalue weighted by Crippen LogP contribution is 2.17. The lowest BCUT2D eigenvalue weighted by molar-refractivity contribution is 0.587. The third-order valence-electron chi connectivity index (χ3n) is 2.78. The Morgan fingerprint density at radius 2 is 2.06 bits per heavy atom.